The van der Waals surface area contributed by atoms with Crippen LogP contribution in [-0.4, -0.2) is 5.78 Å². The first kappa shape index (κ1) is 21.1. The largest absolute Gasteiger partial charge is 0.289 e. The Bertz CT molecular complexity index is 951. The molecule has 1 aliphatic carbocycles. The Kier molecular flexibility index (Phi) is 5.81. The molecular formula is C25H28Cl2O. The van der Waals surface area contributed by atoms with E-state index in [-0.39, 0.29) is 16.6 Å². The second-order valence-electron chi connectivity index (χ2n) is 9.05. The second kappa shape index (κ2) is 7.69. The van der Waals surface area contributed by atoms with E-state index in [9.17, 15) is 4.79 Å². The number of carbonyl (C=O) groups excluding carboxylic acids is 1. The van der Waals surface area contributed by atoms with Crippen LogP contribution in [0, 0.1) is 0 Å². The van der Waals surface area contributed by atoms with Gasteiger partial charge in [-0.25, -0.2) is 0 Å². The molecule has 0 saturated carbocycles. The third kappa shape index (κ3) is 4.07. The van der Waals surface area contributed by atoms with E-state index in [0.29, 0.717) is 10.0 Å². The normalized spacial score (nSPS) is 17.5. The number of benzene rings is 2. The number of hydrogen-bond donors (Lipinski definition) is 0. The number of fused-ring (bicyclic) bond motifs is 1. The summed E-state index contributed by atoms with van der Waals surface area (Å²) in [6.45, 7) is 11.3. The van der Waals surface area contributed by atoms with Crippen molar-refractivity contribution >= 4 is 35.1 Å². The summed E-state index contributed by atoms with van der Waals surface area (Å²) >= 11 is 12.1. The van der Waals surface area contributed by atoms with Gasteiger partial charge in [-0.2, -0.15) is 0 Å². The van der Waals surface area contributed by atoms with Crippen molar-refractivity contribution in [3.05, 3.63) is 74.3 Å². The van der Waals surface area contributed by atoms with Crippen molar-refractivity contribution in [2.24, 2.45) is 0 Å². The van der Waals surface area contributed by atoms with Crippen molar-refractivity contribution in [1.29, 1.82) is 0 Å². The number of ketones is 1. The molecule has 0 saturated heterocycles. The third-order valence-electron chi connectivity index (χ3n) is 6.09. The van der Waals surface area contributed by atoms with Crippen molar-refractivity contribution in [1.82, 2.24) is 0 Å². The lowest BCUT2D eigenvalue weighted by molar-refractivity contribution is 0.104. The fourth-order valence-electron chi connectivity index (χ4n) is 4.06. The molecule has 0 N–H and O–H groups in total. The van der Waals surface area contributed by atoms with E-state index in [4.69, 9.17) is 23.2 Å². The van der Waals surface area contributed by atoms with Gasteiger partial charge in [0.2, 0.25) is 0 Å². The van der Waals surface area contributed by atoms with Crippen LogP contribution in [0.5, 0.6) is 0 Å². The zero-order valence-electron chi connectivity index (χ0n) is 17.3. The van der Waals surface area contributed by atoms with Crippen molar-refractivity contribution in [2.45, 2.75) is 64.7 Å². The van der Waals surface area contributed by atoms with Crippen molar-refractivity contribution in [3.63, 3.8) is 0 Å². The van der Waals surface area contributed by atoms with Gasteiger partial charge in [0.1, 0.15) is 0 Å². The predicted octanol–water partition coefficient (Wildman–Crippen LogP) is 7.80. The monoisotopic (exact) mass is 414 g/mol. The first-order chi connectivity index (χ1) is 13.0. The van der Waals surface area contributed by atoms with Gasteiger partial charge in [0.25, 0.3) is 0 Å². The lowest BCUT2D eigenvalue weighted by atomic mass is 9.62. The molecule has 2 aromatic carbocycles. The van der Waals surface area contributed by atoms with Crippen LogP contribution in [0.15, 0.2) is 36.4 Å². The molecule has 0 fully saturated rings. The van der Waals surface area contributed by atoms with E-state index < -0.39 is 0 Å². The fourth-order valence-corrected chi connectivity index (χ4v) is 4.36. The molecular weight excluding hydrogens is 387 g/mol. The molecule has 0 atom stereocenters. The third-order valence-corrected chi connectivity index (χ3v) is 6.83. The molecule has 0 amide bonds. The predicted molar refractivity (Wildman–Crippen MR) is 121 cm³/mol. The number of carbonyl (C=O) groups is 1. The molecule has 3 rings (SSSR count). The van der Waals surface area contributed by atoms with Crippen molar-refractivity contribution < 1.29 is 4.79 Å². The van der Waals surface area contributed by atoms with Gasteiger partial charge in [-0.15, -0.1) is 0 Å². The topological polar surface area (TPSA) is 17.1 Å². The Morgan fingerprint density at radius 3 is 2.14 bits per heavy atom. The SMILES string of the molecule is CCc1cc2c(cc1C(=O)/C=C\c1ccc(Cl)c(Cl)c1)C(C)(C)CCC2(C)C. The summed E-state index contributed by atoms with van der Waals surface area (Å²) in [6.07, 6.45) is 6.58. The standard InChI is InChI=1S/C25H28Cl2O/c1-6-17-14-19-20(25(4,5)12-11-24(19,2)3)15-18(17)23(28)10-8-16-7-9-21(26)22(27)13-16/h7-10,13-15H,6,11-12H2,1-5H3/b10-8-. The minimum Gasteiger partial charge on any atom is -0.289 e. The van der Waals surface area contributed by atoms with Gasteiger partial charge < -0.3 is 0 Å². The van der Waals surface area contributed by atoms with E-state index in [2.05, 4.69) is 46.8 Å². The minimum absolute atomic E-state index is 0.0323. The van der Waals surface area contributed by atoms with Crippen LogP contribution in [0.2, 0.25) is 10.0 Å². The van der Waals surface area contributed by atoms with Crippen LogP contribution in [0.3, 0.4) is 0 Å². The molecule has 0 bridgehead atoms. The molecule has 28 heavy (non-hydrogen) atoms. The minimum atomic E-state index is 0.0323. The van der Waals surface area contributed by atoms with Gasteiger partial charge in [0, 0.05) is 5.56 Å². The van der Waals surface area contributed by atoms with Gasteiger partial charge in [-0.05, 0) is 76.6 Å². The molecule has 3 heteroatoms. The summed E-state index contributed by atoms with van der Waals surface area (Å²) in [7, 11) is 0. The maximum Gasteiger partial charge on any atom is 0.186 e. The average molecular weight is 415 g/mol. The second-order valence-corrected chi connectivity index (χ2v) is 9.86. The van der Waals surface area contributed by atoms with E-state index in [1.54, 1.807) is 24.3 Å². The summed E-state index contributed by atoms with van der Waals surface area (Å²) in [5, 5.41) is 1.00. The number of rotatable bonds is 4. The van der Waals surface area contributed by atoms with Crippen molar-refractivity contribution in [2.75, 3.05) is 0 Å². The quantitative estimate of drug-likeness (QED) is 0.368. The van der Waals surface area contributed by atoms with Crippen molar-refractivity contribution in [3.8, 4) is 0 Å². The zero-order chi connectivity index (χ0) is 20.7. The number of halogens is 2. The number of hydrogen-bond acceptors (Lipinski definition) is 1. The average Bonchev–Trinajstić information content (AvgIpc) is 2.65. The van der Waals surface area contributed by atoms with Gasteiger partial charge in [0.15, 0.2) is 5.78 Å². The summed E-state index contributed by atoms with van der Waals surface area (Å²) in [5.41, 5.74) is 5.72. The first-order valence-electron chi connectivity index (χ1n) is 9.90. The summed E-state index contributed by atoms with van der Waals surface area (Å²) < 4.78 is 0. The highest BCUT2D eigenvalue weighted by Gasteiger charge is 2.37. The molecule has 0 aliphatic heterocycles. The number of allylic oxidation sites excluding steroid dienone is 1. The molecule has 148 valence electrons. The first-order valence-corrected chi connectivity index (χ1v) is 10.7. The van der Waals surface area contributed by atoms with Gasteiger partial charge >= 0.3 is 0 Å². The van der Waals surface area contributed by atoms with E-state index in [1.807, 2.05) is 6.07 Å². The molecule has 1 nitrogen and oxygen atoms in total. The summed E-state index contributed by atoms with van der Waals surface area (Å²) in [5.74, 6) is 0.0323. The molecule has 0 aromatic heterocycles. The van der Waals surface area contributed by atoms with E-state index in [1.165, 1.54) is 17.5 Å². The molecule has 0 spiro atoms. The van der Waals surface area contributed by atoms with Gasteiger partial charge in [-0.3, -0.25) is 4.79 Å². The van der Waals surface area contributed by atoms with Crippen LogP contribution in [0.25, 0.3) is 6.08 Å². The van der Waals surface area contributed by atoms with Crippen LogP contribution in [0.1, 0.15) is 80.1 Å². The summed E-state index contributed by atoms with van der Waals surface area (Å²) in [6, 6.07) is 9.80. The Morgan fingerprint density at radius 1 is 0.964 bits per heavy atom. The Labute approximate surface area is 178 Å². The smallest absolute Gasteiger partial charge is 0.186 e. The zero-order valence-corrected chi connectivity index (χ0v) is 18.8. The van der Waals surface area contributed by atoms with E-state index >= 15 is 0 Å². The van der Waals surface area contributed by atoms with Crippen LogP contribution < -0.4 is 0 Å². The fraction of sp³-hybridized carbons (Fsp3) is 0.400. The Morgan fingerprint density at radius 2 is 1.57 bits per heavy atom. The highest BCUT2D eigenvalue weighted by Crippen LogP contribution is 2.46. The maximum absolute atomic E-state index is 13.1. The molecule has 0 unspecified atom stereocenters. The van der Waals surface area contributed by atoms with Crippen LogP contribution >= 0.6 is 23.2 Å². The van der Waals surface area contributed by atoms with Crippen LogP contribution in [0.4, 0.5) is 0 Å². The molecule has 1 aliphatic rings. The number of aryl methyl sites for hydroxylation is 1. The molecule has 0 heterocycles. The van der Waals surface area contributed by atoms with Gasteiger partial charge in [0.05, 0.1) is 10.0 Å². The highest BCUT2D eigenvalue weighted by atomic mass is 35.5. The van der Waals surface area contributed by atoms with E-state index in [0.717, 1.165) is 29.5 Å². The lowest BCUT2D eigenvalue weighted by Gasteiger charge is -2.42. The maximum atomic E-state index is 13.1. The lowest BCUT2D eigenvalue weighted by Crippen LogP contribution is -2.34. The summed E-state index contributed by atoms with van der Waals surface area (Å²) in [4.78, 5) is 13.1. The molecule has 0 radical (unpaired) electrons. The van der Waals surface area contributed by atoms with Crippen LogP contribution in [-0.2, 0) is 17.3 Å². The highest BCUT2D eigenvalue weighted by molar-refractivity contribution is 6.42. The molecule has 2 aromatic rings. The Balaban J connectivity index is 2.02. The Hall–Kier alpha value is -1.57. The van der Waals surface area contributed by atoms with Gasteiger partial charge in [-0.1, -0.05) is 76.0 Å².